The van der Waals surface area contributed by atoms with Crippen LogP contribution < -0.4 is 5.32 Å². The number of benzene rings is 2. The van der Waals surface area contributed by atoms with Crippen LogP contribution in [-0.4, -0.2) is 41.0 Å². The number of phenols is 1. The van der Waals surface area contributed by atoms with Gasteiger partial charge in [-0.2, -0.15) is 0 Å². The molecular weight excluding hydrogens is 370 g/mol. The standard InChI is InChI=1S/C22H23N3O4/c1-2-29-21(28)18-19(15-8-5-9-17(26)12-15)23-22(24-20(18)27)25-11-10-14-6-3-4-7-16(14)13-25/h3-9,12,18-19,26H,2,10-11,13H2,1H3,(H,23,24,27). The zero-order valence-electron chi connectivity index (χ0n) is 16.2. The van der Waals surface area contributed by atoms with Crippen LogP contribution in [0.25, 0.3) is 0 Å². The van der Waals surface area contributed by atoms with Crippen LogP contribution in [0.15, 0.2) is 53.5 Å². The highest BCUT2D eigenvalue weighted by molar-refractivity contribution is 6.08. The smallest absolute Gasteiger partial charge is 0.321 e. The number of esters is 1. The van der Waals surface area contributed by atoms with Crippen molar-refractivity contribution in [1.29, 1.82) is 0 Å². The van der Waals surface area contributed by atoms with Gasteiger partial charge in [-0.25, -0.2) is 4.99 Å². The van der Waals surface area contributed by atoms with Crippen molar-refractivity contribution in [2.45, 2.75) is 25.9 Å². The van der Waals surface area contributed by atoms with Crippen LogP contribution in [0, 0.1) is 5.92 Å². The molecule has 150 valence electrons. The van der Waals surface area contributed by atoms with Gasteiger partial charge in [0.05, 0.1) is 6.61 Å². The third-order valence-corrected chi connectivity index (χ3v) is 5.28. The Labute approximate surface area is 169 Å². The summed E-state index contributed by atoms with van der Waals surface area (Å²) in [5.74, 6) is -1.67. The molecule has 2 aromatic carbocycles. The summed E-state index contributed by atoms with van der Waals surface area (Å²) in [5.41, 5.74) is 3.07. The average molecular weight is 393 g/mol. The minimum absolute atomic E-state index is 0.0553. The van der Waals surface area contributed by atoms with Crippen molar-refractivity contribution in [2.24, 2.45) is 10.9 Å². The molecular formula is C22H23N3O4. The molecule has 0 saturated carbocycles. The van der Waals surface area contributed by atoms with Crippen LogP contribution in [0.2, 0.25) is 0 Å². The molecule has 0 fully saturated rings. The number of aliphatic imine (C=N–C) groups is 1. The summed E-state index contributed by atoms with van der Waals surface area (Å²) in [4.78, 5) is 32.1. The Balaban J connectivity index is 1.69. The summed E-state index contributed by atoms with van der Waals surface area (Å²) in [6.07, 6.45) is 0.850. The Morgan fingerprint density at radius 3 is 2.79 bits per heavy atom. The third-order valence-electron chi connectivity index (χ3n) is 5.28. The van der Waals surface area contributed by atoms with Crippen molar-refractivity contribution in [3.05, 3.63) is 65.2 Å². The summed E-state index contributed by atoms with van der Waals surface area (Å²) >= 11 is 0. The van der Waals surface area contributed by atoms with Gasteiger partial charge in [-0.05, 0) is 42.2 Å². The molecule has 2 aliphatic rings. The fraction of sp³-hybridized carbons (Fsp3) is 0.318. The number of ether oxygens (including phenoxy) is 1. The van der Waals surface area contributed by atoms with E-state index in [2.05, 4.69) is 17.4 Å². The number of guanidine groups is 1. The van der Waals surface area contributed by atoms with Gasteiger partial charge in [0.25, 0.3) is 0 Å². The van der Waals surface area contributed by atoms with E-state index < -0.39 is 23.8 Å². The number of aromatic hydroxyl groups is 1. The van der Waals surface area contributed by atoms with Crippen LogP contribution in [0.1, 0.15) is 29.7 Å². The van der Waals surface area contributed by atoms with E-state index >= 15 is 0 Å². The minimum Gasteiger partial charge on any atom is -0.508 e. The normalized spacial score (nSPS) is 21.1. The first kappa shape index (κ1) is 19.0. The second kappa shape index (κ2) is 7.95. The number of rotatable bonds is 3. The summed E-state index contributed by atoms with van der Waals surface area (Å²) in [5, 5.41) is 12.7. The molecule has 0 aliphatic carbocycles. The van der Waals surface area contributed by atoms with E-state index in [1.165, 1.54) is 23.3 Å². The third kappa shape index (κ3) is 3.81. The zero-order valence-corrected chi connectivity index (χ0v) is 16.2. The number of nitrogens with one attached hydrogen (secondary N) is 1. The molecule has 2 aromatic rings. The number of nitrogens with zero attached hydrogens (tertiary/aromatic N) is 2. The topological polar surface area (TPSA) is 91.2 Å². The van der Waals surface area contributed by atoms with E-state index in [0.717, 1.165) is 6.42 Å². The lowest BCUT2D eigenvalue weighted by Gasteiger charge is -2.36. The molecule has 2 aliphatic heterocycles. The van der Waals surface area contributed by atoms with E-state index in [1.807, 2.05) is 17.0 Å². The van der Waals surface area contributed by atoms with E-state index in [1.54, 1.807) is 19.1 Å². The highest BCUT2D eigenvalue weighted by Gasteiger charge is 2.42. The Hall–Kier alpha value is -3.35. The first-order valence-corrected chi connectivity index (χ1v) is 9.72. The second-order valence-corrected chi connectivity index (χ2v) is 7.15. The summed E-state index contributed by atoms with van der Waals surface area (Å²) in [7, 11) is 0. The number of carbonyl (C=O) groups is 2. The molecule has 7 heteroatoms. The van der Waals surface area contributed by atoms with Crippen molar-refractivity contribution in [3.8, 4) is 5.75 Å². The summed E-state index contributed by atoms with van der Waals surface area (Å²) < 4.78 is 5.12. The first-order valence-electron chi connectivity index (χ1n) is 9.72. The number of hydrogen-bond acceptors (Lipinski definition) is 6. The number of carbonyl (C=O) groups excluding carboxylic acids is 2. The van der Waals surface area contributed by atoms with E-state index in [4.69, 9.17) is 9.73 Å². The molecule has 0 saturated heterocycles. The van der Waals surface area contributed by atoms with Crippen molar-refractivity contribution in [2.75, 3.05) is 13.2 Å². The van der Waals surface area contributed by atoms with Crippen LogP contribution >= 0.6 is 0 Å². The lowest BCUT2D eigenvalue weighted by Crippen LogP contribution is -2.53. The zero-order chi connectivity index (χ0) is 20.4. The van der Waals surface area contributed by atoms with E-state index in [0.29, 0.717) is 24.6 Å². The SMILES string of the molecule is CCOC(=O)C1C(=O)NC(N2CCc3ccccc3C2)=NC1c1cccc(O)c1. The van der Waals surface area contributed by atoms with Gasteiger partial charge < -0.3 is 14.7 Å². The fourth-order valence-electron chi connectivity index (χ4n) is 3.85. The second-order valence-electron chi connectivity index (χ2n) is 7.15. The predicted octanol–water partition coefficient (Wildman–Crippen LogP) is 2.16. The van der Waals surface area contributed by atoms with Gasteiger partial charge >= 0.3 is 5.97 Å². The molecule has 0 spiro atoms. The first-order chi connectivity index (χ1) is 14.1. The Bertz CT molecular complexity index is 972. The monoisotopic (exact) mass is 393 g/mol. The van der Waals surface area contributed by atoms with Crippen LogP contribution in [0.4, 0.5) is 0 Å². The van der Waals surface area contributed by atoms with Crippen molar-refractivity contribution in [1.82, 2.24) is 10.2 Å². The molecule has 29 heavy (non-hydrogen) atoms. The lowest BCUT2D eigenvalue weighted by molar-refractivity contribution is -0.153. The van der Waals surface area contributed by atoms with Crippen molar-refractivity contribution >= 4 is 17.8 Å². The van der Waals surface area contributed by atoms with Gasteiger partial charge in [0.2, 0.25) is 11.9 Å². The van der Waals surface area contributed by atoms with Crippen LogP contribution in [-0.2, 0) is 27.3 Å². The van der Waals surface area contributed by atoms with Crippen molar-refractivity contribution < 1.29 is 19.4 Å². The van der Waals surface area contributed by atoms with Gasteiger partial charge in [-0.3, -0.25) is 14.9 Å². The van der Waals surface area contributed by atoms with Gasteiger partial charge in [0.1, 0.15) is 11.8 Å². The Morgan fingerprint density at radius 1 is 1.24 bits per heavy atom. The largest absolute Gasteiger partial charge is 0.508 e. The molecule has 2 unspecified atom stereocenters. The lowest BCUT2D eigenvalue weighted by atomic mass is 9.91. The van der Waals surface area contributed by atoms with E-state index in [-0.39, 0.29) is 12.4 Å². The van der Waals surface area contributed by atoms with Gasteiger partial charge in [0.15, 0.2) is 5.92 Å². The maximum Gasteiger partial charge on any atom is 0.321 e. The fourth-order valence-corrected chi connectivity index (χ4v) is 3.85. The maximum atomic E-state index is 12.9. The highest BCUT2D eigenvalue weighted by Crippen LogP contribution is 2.33. The van der Waals surface area contributed by atoms with Crippen LogP contribution in [0.3, 0.4) is 0 Å². The molecule has 0 aromatic heterocycles. The van der Waals surface area contributed by atoms with E-state index in [9.17, 15) is 14.7 Å². The molecule has 0 bridgehead atoms. The molecule has 2 heterocycles. The number of hydrogen-bond donors (Lipinski definition) is 2. The van der Waals surface area contributed by atoms with Gasteiger partial charge in [-0.15, -0.1) is 0 Å². The predicted molar refractivity (Wildman–Crippen MR) is 107 cm³/mol. The molecule has 4 rings (SSSR count). The minimum atomic E-state index is -1.10. The van der Waals surface area contributed by atoms with Gasteiger partial charge in [0, 0.05) is 13.1 Å². The number of amides is 1. The summed E-state index contributed by atoms with van der Waals surface area (Å²) in [6.45, 7) is 3.22. The molecule has 7 nitrogen and oxygen atoms in total. The Kier molecular flexibility index (Phi) is 5.20. The maximum absolute atomic E-state index is 12.9. The quantitative estimate of drug-likeness (QED) is 0.616. The number of fused-ring (bicyclic) bond motifs is 1. The average Bonchev–Trinajstić information content (AvgIpc) is 2.73. The highest BCUT2D eigenvalue weighted by atomic mass is 16.5. The number of phenolic OH excluding ortho intramolecular Hbond substituents is 1. The summed E-state index contributed by atoms with van der Waals surface area (Å²) in [6, 6.07) is 13.9. The Morgan fingerprint density at radius 2 is 2.03 bits per heavy atom. The molecule has 2 atom stereocenters. The van der Waals surface area contributed by atoms with Crippen LogP contribution in [0.5, 0.6) is 5.75 Å². The van der Waals surface area contributed by atoms with Crippen molar-refractivity contribution in [3.63, 3.8) is 0 Å². The molecule has 2 N–H and O–H groups in total. The molecule has 0 radical (unpaired) electrons. The van der Waals surface area contributed by atoms with Gasteiger partial charge in [-0.1, -0.05) is 36.4 Å². The molecule has 1 amide bonds.